The van der Waals surface area contributed by atoms with Crippen molar-refractivity contribution in [1.82, 2.24) is 9.97 Å². The SMILES string of the molecule is CCCSc1nc(C)c([N+](=O)[O-])c(N2CC23CC2(CC2)[C@H]2OC(C)(C)O[C@H]23)n1. The Morgan fingerprint density at radius 3 is 2.64 bits per heavy atom. The van der Waals surface area contributed by atoms with E-state index in [1.807, 2.05) is 13.8 Å². The number of ether oxygens (including phenoxy) is 2. The molecule has 9 heteroatoms. The zero-order valence-electron chi connectivity index (χ0n) is 16.7. The maximum atomic E-state index is 11.8. The first kappa shape index (κ1) is 18.6. The van der Waals surface area contributed by atoms with E-state index in [9.17, 15) is 10.1 Å². The molecule has 2 aliphatic heterocycles. The molecule has 0 radical (unpaired) electrons. The molecular formula is C19H26N4O4S. The van der Waals surface area contributed by atoms with Gasteiger partial charge in [-0.25, -0.2) is 4.98 Å². The largest absolute Gasteiger partial charge is 0.344 e. The van der Waals surface area contributed by atoms with Crippen molar-refractivity contribution >= 4 is 23.3 Å². The van der Waals surface area contributed by atoms with Crippen LogP contribution in [0.3, 0.4) is 0 Å². The van der Waals surface area contributed by atoms with Gasteiger partial charge in [0.2, 0.25) is 5.82 Å². The topological polar surface area (TPSA) is 90.4 Å². The molecular weight excluding hydrogens is 380 g/mol. The minimum absolute atomic E-state index is 0.0178. The summed E-state index contributed by atoms with van der Waals surface area (Å²) in [6.07, 6.45) is 4.26. The van der Waals surface area contributed by atoms with Gasteiger partial charge in [-0.2, -0.15) is 4.98 Å². The molecule has 2 aliphatic carbocycles. The molecule has 1 aromatic rings. The Hall–Kier alpha value is -1.45. The first-order valence-electron chi connectivity index (χ1n) is 10.0. The molecule has 3 heterocycles. The van der Waals surface area contributed by atoms with E-state index in [-0.39, 0.29) is 33.8 Å². The molecule has 2 saturated carbocycles. The Bertz CT molecular complexity index is 859. The van der Waals surface area contributed by atoms with E-state index < -0.39 is 5.79 Å². The van der Waals surface area contributed by atoms with Crippen LogP contribution in [-0.2, 0) is 9.47 Å². The number of aromatic nitrogens is 2. The summed E-state index contributed by atoms with van der Waals surface area (Å²) in [6, 6.07) is 0. The molecule has 3 atom stereocenters. The predicted molar refractivity (Wildman–Crippen MR) is 105 cm³/mol. The molecule has 2 saturated heterocycles. The Morgan fingerprint density at radius 2 is 2.00 bits per heavy atom. The lowest BCUT2D eigenvalue weighted by Crippen LogP contribution is -2.35. The summed E-state index contributed by atoms with van der Waals surface area (Å²) in [5.74, 6) is 0.726. The second-order valence-electron chi connectivity index (χ2n) is 9.07. The van der Waals surface area contributed by atoms with Crippen molar-refractivity contribution in [2.75, 3.05) is 17.2 Å². The second-order valence-corrected chi connectivity index (χ2v) is 10.1. The van der Waals surface area contributed by atoms with Crippen molar-refractivity contribution in [3.05, 3.63) is 15.8 Å². The zero-order chi connectivity index (χ0) is 19.9. The number of hydrogen-bond donors (Lipinski definition) is 0. The summed E-state index contributed by atoms with van der Waals surface area (Å²) in [5.41, 5.74) is 0.372. The van der Waals surface area contributed by atoms with Crippen LogP contribution in [0.5, 0.6) is 0 Å². The van der Waals surface area contributed by atoms with E-state index in [1.165, 1.54) is 0 Å². The van der Waals surface area contributed by atoms with Crippen molar-refractivity contribution in [2.45, 2.75) is 82.1 Å². The third-order valence-corrected chi connectivity index (χ3v) is 7.59. The van der Waals surface area contributed by atoms with Gasteiger partial charge in [-0.15, -0.1) is 0 Å². The lowest BCUT2D eigenvalue weighted by Gasteiger charge is -2.24. The average molecular weight is 407 g/mol. The smallest absolute Gasteiger partial charge is 0.332 e. The molecule has 152 valence electrons. The van der Waals surface area contributed by atoms with E-state index in [0.29, 0.717) is 16.7 Å². The minimum Gasteiger partial charge on any atom is -0.344 e. The molecule has 5 rings (SSSR count). The van der Waals surface area contributed by atoms with E-state index in [4.69, 9.17) is 9.47 Å². The summed E-state index contributed by atoms with van der Waals surface area (Å²) in [6.45, 7) is 8.44. The van der Waals surface area contributed by atoms with Crippen molar-refractivity contribution in [3.63, 3.8) is 0 Å². The number of thioether (sulfide) groups is 1. The molecule has 2 spiro atoms. The van der Waals surface area contributed by atoms with E-state index >= 15 is 0 Å². The fourth-order valence-electron chi connectivity index (χ4n) is 5.14. The molecule has 0 N–H and O–H groups in total. The van der Waals surface area contributed by atoms with Gasteiger partial charge in [0, 0.05) is 17.7 Å². The van der Waals surface area contributed by atoms with Crippen molar-refractivity contribution in [3.8, 4) is 0 Å². The highest BCUT2D eigenvalue weighted by atomic mass is 32.2. The first-order valence-corrected chi connectivity index (χ1v) is 11.0. The number of hydrogen-bond acceptors (Lipinski definition) is 8. The van der Waals surface area contributed by atoms with Gasteiger partial charge in [0.15, 0.2) is 10.9 Å². The maximum absolute atomic E-state index is 11.8. The molecule has 0 aromatic carbocycles. The molecule has 8 nitrogen and oxygen atoms in total. The van der Waals surface area contributed by atoms with Gasteiger partial charge in [0.1, 0.15) is 11.8 Å². The van der Waals surface area contributed by atoms with Gasteiger partial charge in [-0.05, 0) is 46.5 Å². The van der Waals surface area contributed by atoms with Crippen LogP contribution >= 0.6 is 11.8 Å². The lowest BCUT2D eigenvalue weighted by atomic mass is 10.0. The molecule has 1 aromatic heterocycles. The monoisotopic (exact) mass is 406 g/mol. The second kappa shape index (κ2) is 5.79. The summed E-state index contributed by atoms with van der Waals surface area (Å²) in [4.78, 5) is 22.6. The van der Waals surface area contributed by atoms with Crippen LogP contribution in [-0.4, -0.2) is 50.7 Å². The summed E-state index contributed by atoms with van der Waals surface area (Å²) < 4.78 is 12.6. The van der Waals surface area contributed by atoms with Crippen LogP contribution in [0, 0.1) is 22.5 Å². The molecule has 1 unspecified atom stereocenters. The maximum Gasteiger partial charge on any atom is 0.332 e. The van der Waals surface area contributed by atoms with Crippen LogP contribution < -0.4 is 4.90 Å². The molecule has 4 aliphatic rings. The Morgan fingerprint density at radius 1 is 1.29 bits per heavy atom. The molecule has 0 amide bonds. The highest BCUT2D eigenvalue weighted by Gasteiger charge is 2.78. The Labute approximate surface area is 168 Å². The minimum atomic E-state index is -0.609. The lowest BCUT2D eigenvalue weighted by molar-refractivity contribution is -0.385. The Kier molecular flexibility index (Phi) is 3.84. The number of anilines is 1. The third-order valence-electron chi connectivity index (χ3n) is 6.54. The van der Waals surface area contributed by atoms with Gasteiger partial charge in [-0.3, -0.25) is 10.1 Å². The van der Waals surface area contributed by atoms with Gasteiger partial charge >= 0.3 is 5.69 Å². The first-order chi connectivity index (χ1) is 13.2. The summed E-state index contributed by atoms with van der Waals surface area (Å²) >= 11 is 1.55. The van der Waals surface area contributed by atoms with E-state index in [2.05, 4.69) is 21.8 Å². The number of aryl methyl sites for hydroxylation is 1. The summed E-state index contributed by atoms with van der Waals surface area (Å²) in [7, 11) is 0. The van der Waals surface area contributed by atoms with E-state index in [1.54, 1.807) is 18.7 Å². The zero-order valence-corrected chi connectivity index (χ0v) is 17.5. The van der Waals surface area contributed by atoms with Crippen molar-refractivity contribution < 1.29 is 14.4 Å². The van der Waals surface area contributed by atoms with Crippen LogP contribution in [0.15, 0.2) is 5.16 Å². The van der Waals surface area contributed by atoms with Gasteiger partial charge in [0.05, 0.1) is 16.6 Å². The normalized spacial score (nSPS) is 33.5. The predicted octanol–water partition coefficient (Wildman–Crippen LogP) is 3.46. The highest BCUT2D eigenvalue weighted by molar-refractivity contribution is 7.99. The molecule has 28 heavy (non-hydrogen) atoms. The van der Waals surface area contributed by atoms with E-state index in [0.717, 1.165) is 38.0 Å². The van der Waals surface area contributed by atoms with Crippen LogP contribution in [0.2, 0.25) is 0 Å². The van der Waals surface area contributed by atoms with Gasteiger partial charge < -0.3 is 14.4 Å². The quantitative estimate of drug-likeness (QED) is 0.241. The molecule has 0 bridgehead atoms. The molecule has 4 fully saturated rings. The Balaban J connectivity index is 1.53. The standard InChI is InChI=1S/C19H26N4O4S/c1-5-8-28-16-20-11(2)12(23(24)25)15(21-16)22-10-19(22)9-18(6-7-18)13-14(19)27-17(3,4)26-13/h13-14H,5-10H2,1-4H3/t13-,14+,19?,22?/m0/s1. The van der Waals surface area contributed by atoms with Crippen molar-refractivity contribution in [2.24, 2.45) is 5.41 Å². The van der Waals surface area contributed by atoms with Gasteiger partial charge in [-0.1, -0.05) is 18.7 Å². The number of rotatable bonds is 5. The van der Waals surface area contributed by atoms with Gasteiger partial charge in [0.25, 0.3) is 0 Å². The number of nitro groups is 1. The summed E-state index contributed by atoms with van der Waals surface area (Å²) in [5, 5.41) is 12.4. The fraction of sp³-hybridized carbons (Fsp3) is 0.789. The average Bonchev–Trinajstić information content (AvgIpc) is 3.49. The highest BCUT2D eigenvalue weighted by Crippen LogP contribution is 2.70. The fourth-order valence-corrected chi connectivity index (χ4v) is 5.88. The number of fused-ring (bicyclic) bond motifs is 3. The van der Waals surface area contributed by atoms with Crippen LogP contribution in [0.1, 0.15) is 52.1 Å². The van der Waals surface area contributed by atoms with Crippen LogP contribution in [0.25, 0.3) is 0 Å². The van der Waals surface area contributed by atoms with Crippen molar-refractivity contribution in [1.29, 1.82) is 0 Å². The third kappa shape index (κ3) is 2.59. The van der Waals surface area contributed by atoms with Crippen LogP contribution in [0.4, 0.5) is 11.5 Å². The number of nitrogens with zero attached hydrogens (tertiary/aromatic N) is 4.